The molecule has 3 aliphatic heterocycles. The van der Waals surface area contributed by atoms with Crippen molar-refractivity contribution in [2.45, 2.75) is 169 Å². The maximum Gasteiger partial charge on any atom is 0.408 e. The molecule has 0 unspecified atom stereocenters. The molecule has 0 atom stereocenters. The molecular formula is C69H69N3O12. The van der Waals surface area contributed by atoms with Crippen molar-refractivity contribution in [2.24, 2.45) is 17.8 Å². The Hall–Kier alpha value is -8.07. The summed E-state index contributed by atoms with van der Waals surface area (Å²) in [6.45, 7) is 0.431. The summed E-state index contributed by atoms with van der Waals surface area (Å²) in [5, 5.41) is 15.5. The van der Waals surface area contributed by atoms with Crippen LogP contribution < -0.4 is 44.4 Å². The number of alkyl carbamates (subject to hydrolysis) is 3. The summed E-state index contributed by atoms with van der Waals surface area (Å²) in [6, 6.07) is 41.7. The highest BCUT2D eigenvalue weighted by molar-refractivity contribution is 6.27. The van der Waals surface area contributed by atoms with E-state index in [1.54, 1.807) is 0 Å². The maximum atomic E-state index is 14.0. The van der Waals surface area contributed by atoms with E-state index in [1.165, 1.54) is 0 Å². The van der Waals surface area contributed by atoms with Crippen LogP contribution in [-0.4, -0.2) is 52.3 Å². The van der Waals surface area contributed by atoms with Crippen LogP contribution in [0, 0.1) is 17.8 Å². The van der Waals surface area contributed by atoms with Crippen molar-refractivity contribution in [3.05, 3.63) is 144 Å². The van der Waals surface area contributed by atoms with E-state index in [0.29, 0.717) is 73.0 Å². The molecule has 3 heterocycles. The first-order valence-corrected chi connectivity index (χ1v) is 30.7. The summed E-state index contributed by atoms with van der Waals surface area (Å²) in [5.74, 6) is 0.0373. The third kappa shape index (κ3) is 7.91. The molecule has 0 radical (unpaired) electrons. The zero-order valence-corrected chi connectivity index (χ0v) is 47.1. The second-order valence-corrected chi connectivity index (χ2v) is 25.4. The first-order valence-electron chi connectivity index (χ1n) is 30.7. The predicted octanol–water partition coefficient (Wildman–Crippen LogP) is 14.5. The summed E-state index contributed by atoms with van der Waals surface area (Å²) >= 11 is 0. The molecule has 0 aromatic heterocycles. The molecule has 7 aromatic rings. The van der Waals surface area contributed by atoms with E-state index < -0.39 is 52.3 Å². The van der Waals surface area contributed by atoms with Gasteiger partial charge in [0.1, 0.15) is 36.4 Å². The summed E-state index contributed by atoms with van der Waals surface area (Å²) in [4.78, 5) is 41.9. The van der Waals surface area contributed by atoms with Crippen LogP contribution in [0.3, 0.4) is 0 Å². The Kier molecular flexibility index (Phi) is 12.0. The molecule has 3 amide bonds. The highest BCUT2D eigenvalue weighted by Crippen LogP contribution is 2.63. The van der Waals surface area contributed by atoms with Crippen LogP contribution in [0.15, 0.2) is 127 Å². The minimum absolute atomic E-state index is 0.00595. The van der Waals surface area contributed by atoms with E-state index in [2.05, 4.69) is 52.3 Å². The van der Waals surface area contributed by atoms with Gasteiger partial charge in [0.25, 0.3) is 17.4 Å². The fraction of sp³-hybridized carbons (Fsp3) is 0.435. The van der Waals surface area contributed by atoms with Crippen LogP contribution >= 0.6 is 0 Å². The number of fused-ring (bicyclic) bond motifs is 9. The van der Waals surface area contributed by atoms with E-state index in [-0.39, 0.29) is 37.6 Å². The van der Waals surface area contributed by atoms with Gasteiger partial charge in [0, 0.05) is 17.8 Å². The number of nitrogens with one attached hydrogen (secondary N) is 3. The second-order valence-electron chi connectivity index (χ2n) is 25.4. The van der Waals surface area contributed by atoms with Crippen molar-refractivity contribution < 1.29 is 57.0 Å². The number of ether oxygens (including phenoxy) is 9. The first kappa shape index (κ1) is 51.6. The van der Waals surface area contributed by atoms with Crippen LogP contribution in [-0.2, 0) is 34.0 Å². The first-order chi connectivity index (χ1) is 41.1. The van der Waals surface area contributed by atoms with E-state index in [0.717, 1.165) is 126 Å². The Bertz CT molecular complexity index is 3230. The summed E-state index contributed by atoms with van der Waals surface area (Å²) in [6.07, 6.45) is 13.3. The molecule has 6 bridgehead atoms. The lowest BCUT2D eigenvalue weighted by molar-refractivity contribution is -0.224. The Morgan fingerprint density at radius 1 is 0.345 bits per heavy atom. The standard InChI is InChI=1S/C69H69N3O12/c73-61(76-40-43-16-4-1-5-17-43)70-64-28-10-22-46(23-11-29-64)67(64)79-55-34-49-50(35-56(55)80-67)52-37-58-60(84-69(82-58)48-26-14-32-66(69,33-15-27-48)72-63(75)78-42-45-20-8-3-9-21-45)39-54(52)53-38-59-57(36-51(49)53)81-68(83-59)47-24-12-30-65(68,31-13-25-47)71-62(74)77-41-44-18-6-2-7-19-44/h1-9,16-21,34-39,46-48H,10-15,22-33,40-42H2,(H,70,73)(H,71,74)(H,72,75). The average Bonchev–Trinajstić information content (AvgIpc) is 1.56. The second kappa shape index (κ2) is 19.5. The predicted molar refractivity (Wildman–Crippen MR) is 312 cm³/mol. The quantitative estimate of drug-likeness (QED) is 0.0925. The Balaban J connectivity index is 0.806. The molecule has 6 fully saturated rings. The van der Waals surface area contributed by atoms with Crippen LogP contribution in [0.25, 0.3) is 32.3 Å². The van der Waals surface area contributed by atoms with Gasteiger partial charge in [-0.3, -0.25) is 0 Å². The van der Waals surface area contributed by atoms with Gasteiger partial charge >= 0.3 is 18.3 Å². The van der Waals surface area contributed by atoms with Crippen molar-refractivity contribution >= 4 is 50.6 Å². The molecule has 15 nitrogen and oxygen atoms in total. The third-order valence-corrected chi connectivity index (χ3v) is 20.9. The van der Waals surface area contributed by atoms with E-state index in [9.17, 15) is 14.4 Å². The van der Waals surface area contributed by atoms with Gasteiger partial charge in [0.05, 0.1) is 0 Å². The lowest BCUT2D eigenvalue weighted by Crippen LogP contribution is -2.74. The average molecular weight is 1130 g/mol. The van der Waals surface area contributed by atoms with Crippen LogP contribution in [0.5, 0.6) is 34.5 Å². The lowest BCUT2D eigenvalue weighted by atomic mass is 9.62. The highest BCUT2D eigenvalue weighted by atomic mass is 16.8. The molecular weight excluding hydrogens is 1060 g/mol. The van der Waals surface area contributed by atoms with E-state index in [1.807, 2.05) is 91.0 Å². The minimum Gasteiger partial charge on any atom is -0.446 e. The van der Waals surface area contributed by atoms with E-state index in [4.69, 9.17) is 42.6 Å². The summed E-state index contributed by atoms with van der Waals surface area (Å²) in [7, 11) is 0. The SMILES string of the molecule is O=C(NC12CCCC(CCC1)C21Oc2cc3c4cc5c(cc4c4cc6c(cc4c3cc2O1)OC1(O6)C2CCCC1(NC(=O)OCc1ccccc1)CCC2)OC1(O5)C2CCCC1(NC(=O)OCc1ccccc1)CCC2)OCc1ccccc1. The summed E-state index contributed by atoms with van der Waals surface area (Å²) < 4.78 is 61.9. The lowest BCUT2D eigenvalue weighted by Gasteiger charge is -2.55. The van der Waals surface area contributed by atoms with Crippen molar-refractivity contribution in [2.75, 3.05) is 0 Å². The molecule has 6 saturated carbocycles. The van der Waals surface area contributed by atoms with E-state index >= 15 is 0 Å². The minimum atomic E-state index is -1.18. The molecule has 6 aliphatic carbocycles. The number of benzene rings is 7. The summed E-state index contributed by atoms with van der Waals surface area (Å²) in [5.41, 5.74) is 0.141. The molecule has 16 rings (SSSR count). The Morgan fingerprint density at radius 3 is 0.774 bits per heavy atom. The van der Waals surface area contributed by atoms with Crippen molar-refractivity contribution in [1.82, 2.24) is 16.0 Å². The highest BCUT2D eigenvalue weighted by Gasteiger charge is 2.70. The maximum absolute atomic E-state index is 14.0. The van der Waals surface area contributed by atoms with Crippen molar-refractivity contribution in [3.8, 4) is 34.5 Å². The molecule has 9 aliphatic rings. The smallest absolute Gasteiger partial charge is 0.408 e. The number of rotatable bonds is 9. The Morgan fingerprint density at radius 2 is 0.560 bits per heavy atom. The van der Waals surface area contributed by atoms with Crippen molar-refractivity contribution in [1.29, 1.82) is 0 Å². The molecule has 15 heteroatoms. The normalized spacial score (nSPS) is 30.8. The zero-order valence-electron chi connectivity index (χ0n) is 47.1. The van der Waals surface area contributed by atoms with Crippen LogP contribution in [0.1, 0.15) is 132 Å². The fourth-order valence-corrected chi connectivity index (χ4v) is 17.2. The number of amides is 3. The van der Waals surface area contributed by atoms with Gasteiger partial charge < -0.3 is 58.6 Å². The molecule has 84 heavy (non-hydrogen) atoms. The number of carbonyl (C=O) groups excluding carboxylic acids is 3. The zero-order chi connectivity index (χ0) is 56.3. The third-order valence-electron chi connectivity index (χ3n) is 20.9. The molecule has 3 N–H and O–H groups in total. The Labute approximate surface area is 487 Å². The van der Waals surface area contributed by atoms with Gasteiger partial charge in [0.2, 0.25) is 0 Å². The van der Waals surface area contributed by atoms with Crippen LogP contribution in [0.2, 0.25) is 0 Å². The van der Waals surface area contributed by atoms with Gasteiger partial charge in [0.15, 0.2) is 34.5 Å². The van der Waals surface area contributed by atoms with Crippen molar-refractivity contribution in [3.63, 3.8) is 0 Å². The topological polar surface area (TPSA) is 170 Å². The van der Waals surface area contributed by atoms with Gasteiger partial charge in [-0.2, -0.15) is 0 Å². The number of hydrogen-bond acceptors (Lipinski definition) is 12. The molecule has 3 spiro atoms. The molecule has 432 valence electrons. The van der Waals surface area contributed by atoms with Gasteiger partial charge in [-0.15, -0.1) is 0 Å². The van der Waals surface area contributed by atoms with Gasteiger partial charge in [-0.25, -0.2) is 14.4 Å². The number of carbonyl (C=O) groups is 3. The van der Waals surface area contributed by atoms with Gasteiger partial charge in [-0.05, 0) is 162 Å². The number of hydrogen-bond donors (Lipinski definition) is 3. The van der Waals surface area contributed by atoms with Gasteiger partial charge in [-0.1, -0.05) is 130 Å². The molecule has 0 saturated heterocycles. The largest absolute Gasteiger partial charge is 0.446 e. The fourth-order valence-electron chi connectivity index (χ4n) is 17.2. The van der Waals surface area contributed by atoms with Crippen LogP contribution in [0.4, 0.5) is 14.4 Å². The monoisotopic (exact) mass is 1130 g/mol. The molecule has 7 aromatic carbocycles.